The smallest absolute Gasteiger partial charge is 0.274 e. The second kappa shape index (κ2) is 8.28. The normalized spacial score (nSPS) is 14.3. The number of H-pyrrole nitrogens is 1. The highest BCUT2D eigenvalue weighted by molar-refractivity contribution is 5.99. The number of hydrogen-bond donors (Lipinski definition) is 1. The molecule has 0 bridgehead atoms. The Morgan fingerprint density at radius 1 is 1.30 bits per heavy atom. The van der Waals surface area contributed by atoms with E-state index in [0.717, 1.165) is 16.6 Å². The van der Waals surface area contributed by atoms with Gasteiger partial charge in [-0.1, -0.05) is 12.1 Å². The molecular weight excluding hydrogens is 385 g/mol. The SMILES string of the molecule is C=CCCn1cc(-c2ccc(F)c(C(=O)N3CCOCC3)c2)c2cc(C)[nH]c2c1=O. The Morgan fingerprint density at radius 3 is 2.80 bits per heavy atom. The number of ether oxygens (including phenoxy) is 1. The molecule has 1 aliphatic heterocycles. The van der Waals surface area contributed by atoms with Gasteiger partial charge < -0.3 is 19.2 Å². The van der Waals surface area contributed by atoms with Crippen LogP contribution in [0.4, 0.5) is 4.39 Å². The maximum absolute atomic E-state index is 14.6. The van der Waals surface area contributed by atoms with E-state index in [1.165, 1.54) is 6.07 Å². The summed E-state index contributed by atoms with van der Waals surface area (Å²) in [4.78, 5) is 30.5. The third-order valence-corrected chi connectivity index (χ3v) is 5.38. The second-order valence-corrected chi connectivity index (χ2v) is 7.46. The fourth-order valence-electron chi connectivity index (χ4n) is 3.82. The van der Waals surface area contributed by atoms with Crippen LogP contribution >= 0.6 is 0 Å². The van der Waals surface area contributed by atoms with Gasteiger partial charge in [-0.05, 0) is 37.1 Å². The van der Waals surface area contributed by atoms with Gasteiger partial charge in [-0.2, -0.15) is 0 Å². The third-order valence-electron chi connectivity index (χ3n) is 5.38. The van der Waals surface area contributed by atoms with E-state index in [9.17, 15) is 14.0 Å². The highest BCUT2D eigenvalue weighted by Crippen LogP contribution is 2.29. The predicted molar refractivity (Wildman–Crippen MR) is 114 cm³/mol. The minimum Gasteiger partial charge on any atom is -0.378 e. The first-order valence-electron chi connectivity index (χ1n) is 10.00. The van der Waals surface area contributed by atoms with Crippen molar-refractivity contribution in [1.82, 2.24) is 14.5 Å². The topological polar surface area (TPSA) is 67.3 Å². The number of fused-ring (bicyclic) bond motifs is 1. The average molecular weight is 409 g/mol. The lowest BCUT2D eigenvalue weighted by molar-refractivity contribution is 0.0300. The number of amides is 1. The van der Waals surface area contributed by atoms with Crippen molar-refractivity contribution in [3.05, 3.63) is 70.5 Å². The molecule has 1 saturated heterocycles. The number of aryl methyl sites for hydroxylation is 2. The monoisotopic (exact) mass is 409 g/mol. The maximum atomic E-state index is 14.6. The first-order chi connectivity index (χ1) is 14.5. The number of carbonyl (C=O) groups excluding carboxylic acids is 1. The number of morpholine rings is 1. The molecule has 1 amide bonds. The van der Waals surface area contributed by atoms with E-state index in [1.54, 1.807) is 33.9 Å². The van der Waals surface area contributed by atoms with E-state index >= 15 is 0 Å². The minimum absolute atomic E-state index is 0.0265. The van der Waals surface area contributed by atoms with E-state index in [-0.39, 0.29) is 17.0 Å². The standard InChI is InChI=1S/C23H24FN3O3/c1-3-4-7-27-14-19(17-12-15(2)25-21(17)23(27)29)16-5-6-20(24)18(13-16)22(28)26-8-10-30-11-9-26/h3,5-6,12-14,25H,1,4,7-11H2,2H3. The van der Waals surface area contributed by atoms with Crippen molar-refractivity contribution in [2.24, 2.45) is 0 Å². The van der Waals surface area contributed by atoms with Gasteiger partial charge in [0.15, 0.2) is 0 Å². The number of allylic oxidation sites excluding steroid dienone is 1. The van der Waals surface area contributed by atoms with Crippen molar-refractivity contribution in [2.45, 2.75) is 19.9 Å². The molecule has 3 heterocycles. The third kappa shape index (κ3) is 3.68. The number of carbonyl (C=O) groups is 1. The number of halogens is 1. The Labute approximate surface area is 173 Å². The molecule has 6 nitrogen and oxygen atoms in total. The number of aromatic amines is 1. The van der Waals surface area contributed by atoms with E-state index in [1.807, 2.05) is 13.0 Å². The summed E-state index contributed by atoms with van der Waals surface area (Å²) in [6.07, 6.45) is 4.18. The van der Waals surface area contributed by atoms with Crippen LogP contribution in [0.3, 0.4) is 0 Å². The lowest BCUT2D eigenvalue weighted by Gasteiger charge is -2.27. The molecule has 0 aliphatic carbocycles. The van der Waals surface area contributed by atoms with Crippen LogP contribution in [0.1, 0.15) is 22.5 Å². The quantitative estimate of drug-likeness (QED) is 0.656. The summed E-state index contributed by atoms with van der Waals surface area (Å²) in [7, 11) is 0. The summed E-state index contributed by atoms with van der Waals surface area (Å²) >= 11 is 0. The van der Waals surface area contributed by atoms with Crippen molar-refractivity contribution < 1.29 is 13.9 Å². The number of nitrogens with one attached hydrogen (secondary N) is 1. The van der Waals surface area contributed by atoms with Crippen molar-refractivity contribution >= 4 is 16.8 Å². The zero-order valence-corrected chi connectivity index (χ0v) is 16.9. The van der Waals surface area contributed by atoms with Gasteiger partial charge in [0, 0.05) is 42.5 Å². The van der Waals surface area contributed by atoms with Gasteiger partial charge in [0.25, 0.3) is 11.5 Å². The molecule has 2 aromatic heterocycles. The second-order valence-electron chi connectivity index (χ2n) is 7.46. The molecule has 0 spiro atoms. The van der Waals surface area contributed by atoms with E-state index in [4.69, 9.17) is 4.74 Å². The van der Waals surface area contributed by atoms with Gasteiger partial charge in [0.05, 0.1) is 18.8 Å². The van der Waals surface area contributed by atoms with E-state index in [0.29, 0.717) is 50.3 Å². The van der Waals surface area contributed by atoms with Gasteiger partial charge in [-0.3, -0.25) is 9.59 Å². The first-order valence-corrected chi connectivity index (χ1v) is 10.00. The summed E-state index contributed by atoms with van der Waals surface area (Å²) in [6.45, 7) is 7.88. The van der Waals surface area contributed by atoms with Crippen LogP contribution < -0.4 is 5.56 Å². The van der Waals surface area contributed by atoms with Crippen LogP contribution in [0.25, 0.3) is 22.0 Å². The highest BCUT2D eigenvalue weighted by Gasteiger charge is 2.23. The van der Waals surface area contributed by atoms with Gasteiger partial charge in [0.2, 0.25) is 0 Å². The number of benzene rings is 1. The Balaban J connectivity index is 1.83. The fraction of sp³-hybridized carbons (Fsp3) is 0.304. The number of rotatable bonds is 5. The summed E-state index contributed by atoms with van der Waals surface area (Å²) in [5.74, 6) is -0.907. The Kier molecular flexibility index (Phi) is 5.55. The molecule has 0 radical (unpaired) electrons. The molecule has 0 atom stereocenters. The largest absolute Gasteiger partial charge is 0.378 e. The molecule has 1 aromatic carbocycles. The van der Waals surface area contributed by atoms with Gasteiger partial charge in [-0.15, -0.1) is 6.58 Å². The number of aromatic nitrogens is 2. The lowest BCUT2D eigenvalue weighted by Crippen LogP contribution is -2.41. The minimum atomic E-state index is -0.559. The molecular formula is C23H24FN3O3. The summed E-state index contributed by atoms with van der Waals surface area (Å²) < 4.78 is 21.5. The van der Waals surface area contributed by atoms with Crippen LogP contribution in [0.15, 0.2) is 47.9 Å². The van der Waals surface area contributed by atoms with Crippen molar-refractivity contribution in [3.63, 3.8) is 0 Å². The van der Waals surface area contributed by atoms with E-state index in [2.05, 4.69) is 11.6 Å². The maximum Gasteiger partial charge on any atom is 0.274 e. The molecule has 3 aromatic rings. The van der Waals surface area contributed by atoms with Crippen LogP contribution in [-0.2, 0) is 11.3 Å². The van der Waals surface area contributed by atoms with Crippen molar-refractivity contribution in [3.8, 4) is 11.1 Å². The van der Waals surface area contributed by atoms with Crippen LogP contribution in [0.2, 0.25) is 0 Å². The molecule has 1 fully saturated rings. The van der Waals surface area contributed by atoms with Crippen LogP contribution in [0, 0.1) is 12.7 Å². The number of hydrogen-bond acceptors (Lipinski definition) is 3. The Bertz CT molecular complexity index is 1170. The Hall–Kier alpha value is -3.19. The first kappa shape index (κ1) is 20.1. The van der Waals surface area contributed by atoms with Crippen LogP contribution in [0.5, 0.6) is 0 Å². The summed E-state index contributed by atoms with van der Waals surface area (Å²) in [5, 5.41) is 0.753. The van der Waals surface area contributed by atoms with E-state index < -0.39 is 5.82 Å². The zero-order chi connectivity index (χ0) is 21.3. The molecule has 4 rings (SSSR count). The number of nitrogens with zero attached hydrogens (tertiary/aromatic N) is 2. The lowest BCUT2D eigenvalue weighted by atomic mass is 10.0. The molecule has 0 saturated carbocycles. The summed E-state index contributed by atoms with van der Waals surface area (Å²) in [6, 6.07) is 6.43. The molecule has 1 N–H and O–H groups in total. The van der Waals surface area contributed by atoms with Gasteiger partial charge in [0.1, 0.15) is 11.3 Å². The average Bonchev–Trinajstić information content (AvgIpc) is 3.16. The number of pyridine rings is 1. The van der Waals surface area contributed by atoms with Crippen molar-refractivity contribution in [1.29, 1.82) is 0 Å². The van der Waals surface area contributed by atoms with Gasteiger partial charge >= 0.3 is 0 Å². The Morgan fingerprint density at radius 2 is 2.07 bits per heavy atom. The molecule has 1 aliphatic rings. The molecule has 30 heavy (non-hydrogen) atoms. The molecule has 7 heteroatoms. The van der Waals surface area contributed by atoms with Crippen LogP contribution in [-0.4, -0.2) is 46.7 Å². The fourth-order valence-corrected chi connectivity index (χ4v) is 3.82. The van der Waals surface area contributed by atoms with Gasteiger partial charge in [-0.25, -0.2) is 4.39 Å². The summed E-state index contributed by atoms with van der Waals surface area (Å²) in [5.41, 5.74) is 2.73. The highest BCUT2D eigenvalue weighted by atomic mass is 19.1. The molecule has 156 valence electrons. The predicted octanol–water partition coefficient (Wildman–Crippen LogP) is 3.49. The zero-order valence-electron chi connectivity index (χ0n) is 16.9. The van der Waals surface area contributed by atoms with Crippen molar-refractivity contribution in [2.75, 3.05) is 26.3 Å². The molecule has 0 unspecified atom stereocenters.